The molecule has 0 saturated heterocycles. The summed E-state index contributed by atoms with van der Waals surface area (Å²) >= 11 is 0. The summed E-state index contributed by atoms with van der Waals surface area (Å²) in [6.07, 6.45) is 0.878. The molecule has 32 heavy (non-hydrogen) atoms. The Bertz CT molecular complexity index is 1570. The van der Waals surface area contributed by atoms with E-state index in [1.807, 2.05) is 35.1 Å². The summed E-state index contributed by atoms with van der Waals surface area (Å²) in [6.45, 7) is 0. The van der Waals surface area contributed by atoms with Crippen LogP contribution in [0.15, 0.2) is 66.7 Å². The van der Waals surface area contributed by atoms with Gasteiger partial charge in [-0.1, -0.05) is 30.3 Å². The van der Waals surface area contributed by atoms with Crippen molar-refractivity contribution in [3.8, 4) is 29.1 Å². The molecule has 3 aromatic carbocycles. The number of sulfonamides is 1. The van der Waals surface area contributed by atoms with E-state index in [0.29, 0.717) is 16.9 Å². The summed E-state index contributed by atoms with van der Waals surface area (Å²) in [4.78, 5) is 12.2. The average Bonchev–Trinajstić information content (AvgIpc) is 3.17. The normalized spacial score (nSPS) is 11.0. The lowest BCUT2D eigenvalue weighted by molar-refractivity contribution is 0.0981. The third kappa shape index (κ3) is 3.93. The predicted octanol–water partition coefficient (Wildman–Crippen LogP) is 3.13. The standard InChI is InChI=1S/C23H15N5O3S/c1-32(30,31)27-23(29)17-9-10-20(18(12-17)14-25)28-21-8-3-2-7-19(21)22(26-28)16-6-4-5-15(11-16)13-24/h2-12H,1H3,(H,27,29). The molecule has 0 atom stereocenters. The second-order valence-electron chi connectivity index (χ2n) is 7.02. The van der Waals surface area contributed by atoms with Gasteiger partial charge >= 0.3 is 0 Å². The van der Waals surface area contributed by atoms with Crippen LogP contribution in [0, 0.1) is 22.7 Å². The van der Waals surface area contributed by atoms with E-state index in [-0.39, 0.29) is 11.1 Å². The van der Waals surface area contributed by atoms with Gasteiger partial charge in [-0.25, -0.2) is 17.8 Å². The third-order valence-corrected chi connectivity index (χ3v) is 5.29. The van der Waals surface area contributed by atoms with E-state index in [1.54, 1.807) is 28.9 Å². The summed E-state index contributed by atoms with van der Waals surface area (Å²) in [6, 6.07) is 23.0. The summed E-state index contributed by atoms with van der Waals surface area (Å²) in [5.74, 6) is -0.824. The molecule has 0 fully saturated rings. The van der Waals surface area contributed by atoms with Crippen LogP contribution in [0.2, 0.25) is 0 Å². The number of carbonyl (C=O) groups excluding carboxylic acids is 1. The van der Waals surface area contributed by atoms with Crippen molar-refractivity contribution < 1.29 is 13.2 Å². The van der Waals surface area contributed by atoms with Crippen molar-refractivity contribution in [3.05, 3.63) is 83.4 Å². The first-order valence-corrected chi connectivity index (χ1v) is 11.2. The Hall–Kier alpha value is -4.47. The van der Waals surface area contributed by atoms with Crippen molar-refractivity contribution in [2.45, 2.75) is 0 Å². The molecule has 0 radical (unpaired) electrons. The quantitative estimate of drug-likeness (QED) is 0.518. The number of nitriles is 2. The Morgan fingerprint density at radius 2 is 1.78 bits per heavy atom. The van der Waals surface area contributed by atoms with E-state index in [2.05, 4.69) is 12.1 Å². The molecule has 4 rings (SSSR count). The number of nitrogens with one attached hydrogen (secondary N) is 1. The molecule has 1 heterocycles. The number of hydrogen-bond acceptors (Lipinski definition) is 6. The molecule has 1 aromatic heterocycles. The molecule has 0 aliphatic heterocycles. The Morgan fingerprint density at radius 1 is 1.00 bits per heavy atom. The topological polar surface area (TPSA) is 129 Å². The molecular formula is C23H15N5O3S. The van der Waals surface area contributed by atoms with Crippen molar-refractivity contribution in [3.63, 3.8) is 0 Å². The fourth-order valence-corrected chi connectivity index (χ4v) is 3.83. The maximum absolute atomic E-state index is 12.2. The fourth-order valence-electron chi connectivity index (χ4n) is 3.38. The van der Waals surface area contributed by atoms with Gasteiger partial charge in [0.2, 0.25) is 10.0 Å². The van der Waals surface area contributed by atoms with Crippen LogP contribution in [0.5, 0.6) is 0 Å². The van der Waals surface area contributed by atoms with Gasteiger partial charge in [-0.05, 0) is 36.4 Å². The highest BCUT2D eigenvalue weighted by atomic mass is 32.2. The molecule has 0 aliphatic carbocycles. The summed E-state index contributed by atoms with van der Waals surface area (Å²) in [5.41, 5.74) is 3.24. The van der Waals surface area contributed by atoms with Crippen LogP contribution in [0.25, 0.3) is 27.8 Å². The molecule has 0 saturated carbocycles. The summed E-state index contributed by atoms with van der Waals surface area (Å²) in [7, 11) is -3.74. The molecule has 0 bridgehead atoms. The van der Waals surface area contributed by atoms with Crippen molar-refractivity contribution in [2.24, 2.45) is 0 Å². The van der Waals surface area contributed by atoms with E-state index in [4.69, 9.17) is 5.10 Å². The fraction of sp³-hybridized carbons (Fsp3) is 0.0435. The van der Waals surface area contributed by atoms with Crippen molar-refractivity contribution in [1.82, 2.24) is 14.5 Å². The number of carbonyl (C=O) groups is 1. The van der Waals surface area contributed by atoms with Crippen LogP contribution in [0.1, 0.15) is 21.5 Å². The predicted molar refractivity (Wildman–Crippen MR) is 118 cm³/mol. The first kappa shape index (κ1) is 20.8. The highest BCUT2D eigenvalue weighted by Crippen LogP contribution is 2.31. The maximum atomic E-state index is 12.2. The zero-order chi connectivity index (χ0) is 22.9. The van der Waals surface area contributed by atoms with Gasteiger partial charge in [0, 0.05) is 16.5 Å². The molecule has 4 aromatic rings. The summed E-state index contributed by atoms with van der Waals surface area (Å²) < 4.78 is 26.2. The average molecular weight is 441 g/mol. The van der Waals surface area contributed by atoms with Gasteiger partial charge in [-0.15, -0.1) is 0 Å². The largest absolute Gasteiger partial charge is 0.268 e. The van der Waals surface area contributed by atoms with E-state index in [0.717, 1.165) is 22.7 Å². The number of fused-ring (bicyclic) bond motifs is 1. The lowest BCUT2D eigenvalue weighted by Gasteiger charge is -2.08. The van der Waals surface area contributed by atoms with Crippen LogP contribution in [0.4, 0.5) is 0 Å². The van der Waals surface area contributed by atoms with E-state index in [9.17, 15) is 23.7 Å². The van der Waals surface area contributed by atoms with Crippen LogP contribution in [0.3, 0.4) is 0 Å². The van der Waals surface area contributed by atoms with Gasteiger partial charge in [-0.2, -0.15) is 15.6 Å². The zero-order valence-electron chi connectivity index (χ0n) is 16.8. The maximum Gasteiger partial charge on any atom is 0.264 e. The Kier molecular flexibility index (Phi) is 5.19. The Balaban J connectivity index is 1.88. The van der Waals surface area contributed by atoms with Gasteiger partial charge < -0.3 is 0 Å². The Morgan fingerprint density at radius 3 is 2.50 bits per heavy atom. The Labute approximate surface area is 184 Å². The number of nitrogens with zero attached hydrogens (tertiary/aromatic N) is 4. The number of hydrogen-bond donors (Lipinski definition) is 1. The monoisotopic (exact) mass is 441 g/mol. The zero-order valence-corrected chi connectivity index (χ0v) is 17.6. The third-order valence-electron chi connectivity index (χ3n) is 4.74. The van der Waals surface area contributed by atoms with E-state index >= 15 is 0 Å². The molecule has 156 valence electrons. The molecule has 8 nitrogen and oxygen atoms in total. The first-order valence-electron chi connectivity index (χ1n) is 9.35. The van der Waals surface area contributed by atoms with Gasteiger partial charge in [0.1, 0.15) is 11.8 Å². The van der Waals surface area contributed by atoms with Gasteiger partial charge in [0.05, 0.1) is 34.7 Å². The number of rotatable bonds is 4. The minimum Gasteiger partial charge on any atom is -0.268 e. The van der Waals surface area contributed by atoms with Crippen LogP contribution in [-0.4, -0.2) is 30.4 Å². The number of para-hydroxylation sites is 1. The van der Waals surface area contributed by atoms with E-state index < -0.39 is 15.9 Å². The summed E-state index contributed by atoms with van der Waals surface area (Å²) in [5, 5.41) is 24.5. The van der Waals surface area contributed by atoms with Crippen LogP contribution >= 0.6 is 0 Å². The molecule has 0 aliphatic rings. The van der Waals surface area contributed by atoms with Gasteiger partial charge in [0.15, 0.2) is 0 Å². The van der Waals surface area contributed by atoms with Crippen LogP contribution in [-0.2, 0) is 10.0 Å². The smallest absolute Gasteiger partial charge is 0.264 e. The molecule has 0 unspecified atom stereocenters. The SMILES string of the molecule is CS(=O)(=O)NC(=O)c1ccc(-n2nc(-c3cccc(C#N)c3)c3ccccc32)c(C#N)c1. The van der Waals surface area contributed by atoms with Gasteiger partial charge in [-0.3, -0.25) is 4.79 Å². The second kappa shape index (κ2) is 7.99. The van der Waals surface area contributed by atoms with E-state index in [1.165, 1.54) is 12.1 Å². The molecule has 0 spiro atoms. The van der Waals surface area contributed by atoms with Crippen molar-refractivity contribution in [1.29, 1.82) is 10.5 Å². The minimum absolute atomic E-state index is 0.0362. The number of benzene rings is 3. The lowest BCUT2D eigenvalue weighted by Crippen LogP contribution is -2.29. The highest BCUT2D eigenvalue weighted by Gasteiger charge is 2.18. The van der Waals surface area contributed by atoms with Crippen molar-refractivity contribution in [2.75, 3.05) is 6.26 Å². The minimum atomic E-state index is -3.74. The molecular weight excluding hydrogens is 426 g/mol. The number of aromatic nitrogens is 2. The number of amides is 1. The lowest BCUT2D eigenvalue weighted by atomic mass is 10.1. The highest BCUT2D eigenvalue weighted by molar-refractivity contribution is 7.89. The van der Waals surface area contributed by atoms with Crippen molar-refractivity contribution >= 4 is 26.8 Å². The molecule has 1 amide bonds. The molecule has 9 heteroatoms. The molecule has 1 N–H and O–H groups in total. The first-order chi connectivity index (χ1) is 15.3. The van der Waals surface area contributed by atoms with Gasteiger partial charge in [0.25, 0.3) is 5.91 Å². The second-order valence-corrected chi connectivity index (χ2v) is 8.77. The van der Waals surface area contributed by atoms with Crippen LogP contribution < -0.4 is 4.72 Å².